The number of rotatable bonds is 10. The van der Waals surface area contributed by atoms with Crippen LogP contribution < -0.4 is 4.74 Å². The van der Waals surface area contributed by atoms with Gasteiger partial charge in [0, 0.05) is 10.8 Å². The van der Waals surface area contributed by atoms with Crippen LogP contribution in [0.1, 0.15) is 38.5 Å². The van der Waals surface area contributed by atoms with E-state index in [1.165, 1.54) is 60.2 Å². The van der Waals surface area contributed by atoms with Crippen LogP contribution in [-0.4, -0.2) is 32.1 Å². The molecule has 26 heavy (non-hydrogen) atoms. The number of fused-ring (bicyclic) bond motifs is 2. The molecule has 3 aromatic rings. The lowest BCUT2D eigenvalue weighted by molar-refractivity contribution is 0.310. The Morgan fingerprint density at radius 2 is 1.23 bits per heavy atom. The summed E-state index contributed by atoms with van der Waals surface area (Å²) in [4.78, 5) is 2.27. The van der Waals surface area contributed by atoms with Gasteiger partial charge in [0.2, 0.25) is 0 Å². The number of unbranched alkanes of at least 4 members (excludes halogenated alkanes) is 5. The molecule has 0 unspecified atom stereocenters. The smallest absolute Gasteiger partial charge is 0.134 e. The molecule has 0 aliphatic rings. The summed E-state index contributed by atoms with van der Waals surface area (Å²) in [5, 5.41) is 4.94. The molecule has 0 heterocycles. The third-order valence-corrected chi connectivity index (χ3v) is 4.97. The molecule has 0 N–H and O–H groups in total. The van der Waals surface area contributed by atoms with E-state index in [2.05, 4.69) is 73.6 Å². The fourth-order valence-corrected chi connectivity index (χ4v) is 3.54. The third kappa shape index (κ3) is 4.98. The maximum absolute atomic E-state index is 6.29. The zero-order chi connectivity index (χ0) is 18.2. The number of hydrogen-bond donors (Lipinski definition) is 0. The Kier molecular flexibility index (Phi) is 6.90. The summed E-state index contributed by atoms with van der Waals surface area (Å²) < 4.78 is 6.29. The molecule has 0 amide bonds. The van der Waals surface area contributed by atoms with Gasteiger partial charge in [0.1, 0.15) is 5.75 Å². The second-order valence-electron chi connectivity index (χ2n) is 7.42. The minimum atomic E-state index is 0.801. The number of hydrogen-bond acceptors (Lipinski definition) is 2. The Hall–Kier alpha value is -2.06. The Bertz CT molecular complexity index is 771. The van der Waals surface area contributed by atoms with Gasteiger partial charge in [0.15, 0.2) is 0 Å². The standard InChI is InChI=1S/C24H31NO/c1-25(2)17-11-5-3-4-6-12-18-26-24-22-15-9-7-13-20(22)19-21-14-8-10-16-23(21)24/h7-10,13-16,19H,3-6,11-12,17-18H2,1-2H3. The van der Waals surface area contributed by atoms with Crippen LogP contribution in [0.15, 0.2) is 54.6 Å². The number of nitrogens with zero attached hydrogens (tertiary/aromatic N) is 1. The van der Waals surface area contributed by atoms with Crippen LogP contribution in [0.4, 0.5) is 0 Å². The molecule has 0 fully saturated rings. The van der Waals surface area contributed by atoms with Crippen molar-refractivity contribution in [2.45, 2.75) is 38.5 Å². The maximum atomic E-state index is 6.29. The molecule has 0 radical (unpaired) electrons. The fourth-order valence-electron chi connectivity index (χ4n) is 3.54. The number of ether oxygens (including phenoxy) is 1. The van der Waals surface area contributed by atoms with E-state index in [1.54, 1.807) is 0 Å². The van der Waals surface area contributed by atoms with Gasteiger partial charge in [-0.2, -0.15) is 0 Å². The maximum Gasteiger partial charge on any atom is 0.134 e. The van der Waals surface area contributed by atoms with Crippen LogP contribution >= 0.6 is 0 Å². The van der Waals surface area contributed by atoms with Gasteiger partial charge in [0.05, 0.1) is 6.61 Å². The first-order valence-electron chi connectivity index (χ1n) is 9.94. The third-order valence-electron chi connectivity index (χ3n) is 4.97. The Morgan fingerprint density at radius 1 is 0.692 bits per heavy atom. The van der Waals surface area contributed by atoms with Crippen molar-refractivity contribution < 1.29 is 4.74 Å². The topological polar surface area (TPSA) is 12.5 Å². The normalized spacial score (nSPS) is 11.5. The second kappa shape index (κ2) is 9.59. The zero-order valence-corrected chi connectivity index (χ0v) is 16.2. The zero-order valence-electron chi connectivity index (χ0n) is 16.2. The first-order valence-corrected chi connectivity index (χ1v) is 9.94. The Balaban J connectivity index is 1.53. The first kappa shape index (κ1) is 18.7. The van der Waals surface area contributed by atoms with Crippen LogP contribution in [0.2, 0.25) is 0 Å². The summed E-state index contributed by atoms with van der Waals surface area (Å²) >= 11 is 0. The van der Waals surface area contributed by atoms with E-state index in [9.17, 15) is 0 Å². The summed E-state index contributed by atoms with van der Waals surface area (Å²) in [6.07, 6.45) is 7.69. The van der Waals surface area contributed by atoms with Gasteiger partial charge in [-0.1, -0.05) is 74.2 Å². The van der Waals surface area contributed by atoms with Crippen LogP contribution in [0.5, 0.6) is 5.75 Å². The highest BCUT2D eigenvalue weighted by molar-refractivity contribution is 6.05. The predicted molar refractivity (Wildman–Crippen MR) is 113 cm³/mol. The predicted octanol–water partition coefficient (Wildman–Crippen LogP) is 6.27. The summed E-state index contributed by atoms with van der Waals surface area (Å²) in [5.74, 6) is 1.05. The van der Waals surface area contributed by atoms with Gasteiger partial charge in [0.25, 0.3) is 0 Å². The van der Waals surface area contributed by atoms with E-state index < -0.39 is 0 Å². The molecule has 2 nitrogen and oxygen atoms in total. The highest BCUT2D eigenvalue weighted by atomic mass is 16.5. The molecule has 0 aliphatic heterocycles. The summed E-state index contributed by atoms with van der Waals surface area (Å²) in [6.45, 7) is 2.01. The van der Waals surface area contributed by atoms with Gasteiger partial charge in [-0.05, 0) is 50.3 Å². The largest absolute Gasteiger partial charge is 0.492 e. The average Bonchev–Trinajstić information content (AvgIpc) is 2.65. The summed E-state index contributed by atoms with van der Waals surface area (Å²) in [7, 11) is 4.29. The highest BCUT2D eigenvalue weighted by Gasteiger charge is 2.08. The quantitative estimate of drug-likeness (QED) is 0.316. The minimum absolute atomic E-state index is 0.801. The molecule has 3 rings (SSSR count). The van der Waals surface area contributed by atoms with Crippen molar-refractivity contribution in [3.63, 3.8) is 0 Å². The molecule has 0 aromatic heterocycles. The molecule has 0 bridgehead atoms. The van der Waals surface area contributed by atoms with Gasteiger partial charge in [-0.25, -0.2) is 0 Å². The van der Waals surface area contributed by atoms with E-state index in [0.29, 0.717) is 0 Å². The molecule has 3 aromatic carbocycles. The van der Waals surface area contributed by atoms with Gasteiger partial charge >= 0.3 is 0 Å². The van der Waals surface area contributed by atoms with E-state index in [0.717, 1.165) is 18.8 Å². The van der Waals surface area contributed by atoms with Crippen LogP contribution in [0.25, 0.3) is 21.5 Å². The molecular weight excluding hydrogens is 318 g/mol. The minimum Gasteiger partial charge on any atom is -0.492 e. The molecule has 0 atom stereocenters. The van der Waals surface area contributed by atoms with Gasteiger partial charge in [-0.15, -0.1) is 0 Å². The lowest BCUT2D eigenvalue weighted by Crippen LogP contribution is -2.12. The van der Waals surface area contributed by atoms with Crippen molar-refractivity contribution in [3.8, 4) is 5.75 Å². The van der Waals surface area contributed by atoms with Crippen molar-refractivity contribution >= 4 is 21.5 Å². The van der Waals surface area contributed by atoms with Crippen molar-refractivity contribution in [1.82, 2.24) is 4.90 Å². The summed E-state index contributed by atoms with van der Waals surface area (Å²) in [5.41, 5.74) is 0. The summed E-state index contributed by atoms with van der Waals surface area (Å²) in [6, 6.07) is 19.3. The molecule has 0 spiro atoms. The van der Waals surface area contributed by atoms with Crippen LogP contribution in [0.3, 0.4) is 0 Å². The average molecular weight is 350 g/mol. The Morgan fingerprint density at radius 3 is 1.85 bits per heavy atom. The van der Waals surface area contributed by atoms with E-state index in [1.807, 2.05) is 0 Å². The van der Waals surface area contributed by atoms with E-state index in [4.69, 9.17) is 4.74 Å². The number of benzene rings is 3. The molecule has 0 aliphatic carbocycles. The Labute approximate surface area is 157 Å². The van der Waals surface area contributed by atoms with Crippen LogP contribution in [-0.2, 0) is 0 Å². The lowest BCUT2D eigenvalue weighted by Gasteiger charge is -2.13. The first-order chi connectivity index (χ1) is 12.8. The van der Waals surface area contributed by atoms with Crippen molar-refractivity contribution in [3.05, 3.63) is 54.6 Å². The van der Waals surface area contributed by atoms with Crippen molar-refractivity contribution in [2.75, 3.05) is 27.2 Å². The van der Waals surface area contributed by atoms with Crippen molar-refractivity contribution in [1.29, 1.82) is 0 Å². The van der Waals surface area contributed by atoms with E-state index >= 15 is 0 Å². The van der Waals surface area contributed by atoms with Crippen LogP contribution in [0, 0.1) is 0 Å². The van der Waals surface area contributed by atoms with Gasteiger partial charge < -0.3 is 9.64 Å². The van der Waals surface area contributed by atoms with Crippen molar-refractivity contribution in [2.24, 2.45) is 0 Å². The monoisotopic (exact) mass is 349 g/mol. The molecule has 138 valence electrons. The molecule has 0 saturated carbocycles. The molecular formula is C24H31NO. The lowest BCUT2D eigenvalue weighted by atomic mass is 10.0. The molecule has 2 heteroatoms. The fraction of sp³-hybridized carbons (Fsp3) is 0.417. The van der Waals surface area contributed by atoms with E-state index in [-0.39, 0.29) is 0 Å². The van der Waals surface area contributed by atoms with Gasteiger partial charge in [-0.3, -0.25) is 0 Å². The SMILES string of the molecule is CN(C)CCCCCCCCOc1c2ccccc2cc2ccccc12. The second-order valence-corrected chi connectivity index (χ2v) is 7.42. The molecule has 0 saturated heterocycles. The highest BCUT2D eigenvalue weighted by Crippen LogP contribution is 2.34.